The number of rotatable bonds is 9. The second-order valence-corrected chi connectivity index (χ2v) is 5.89. The molecule has 2 aromatic rings. The maximum absolute atomic E-state index is 12.9. The van der Waals surface area contributed by atoms with Crippen molar-refractivity contribution in [2.75, 3.05) is 19.6 Å². The first kappa shape index (κ1) is 25.8. The Balaban J connectivity index is 0.00000364. The van der Waals surface area contributed by atoms with Gasteiger partial charge >= 0.3 is 0 Å². The van der Waals surface area contributed by atoms with E-state index < -0.39 is 0 Å². The summed E-state index contributed by atoms with van der Waals surface area (Å²) >= 11 is 0. The zero-order valence-electron chi connectivity index (χ0n) is 15.3. The molecule has 0 atom stereocenters. The third kappa shape index (κ3) is 9.12. The van der Waals surface area contributed by atoms with Crippen LogP contribution >= 0.6 is 0 Å². The first-order valence-corrected chi connectivity index (χ1v) is 8.57. The summed E-state index contributed by atoms with van der Waals surface area (Å²) in [6.45, 7) is 1.65. The number of nitrogens with two attached hydrogens (primary N) is 1. The lowest BCUT2D eigenvalue weighted by atomic mass is 10.1. The third-order valence-corrected chi connectivity index (χ3v) is 3.76. The molecule has 0 aliphatic rings. The van der Waals surface area contributed by atoms with Crippen LogP contribution in [0.5, 0.6) is 0 Å². The van der Waals surface area contributed by atoms with Crippen molar-refractivity contribution in [3.63, 3.8) is 0 Å². The molecular weight excluding hydrogens is 406 g/mol. The maximum atomic E-state index is 12.9. The van der Waals surface area contributed by atoms with E-state index in [0.29, 0.717) is 31.6 Å². The molecule has 28 heavy (non-hydrogen) atoms. The van der Waals surface area contributed by atoms with Gasteiger partial charge in [0, 0.05) is 19.2 Å². The summed E-state index contributed by atoms with van der Waals surface area (Å²) in [7, 11) is 0. The average Bonchev–Trinajstić information content (AvgIpc) is 2.64. The summed E-state index contributed by atoms with van der Waals surface area (Å²) in [4.78, 5) is 24.1. The largest absolute Gasteiger partial charge is 1.00 e. The van der Waals surface area contributed by atoms with E-state index in [2.05, 4.69) is 10.6 Å². The van der Waals surface area contributed by atoms with Crippen molar-refractivity contribution in [1.29, 1.82) is 0 Å². The Labute approximate surface area is 176 Å². The number of nitrogens with one attached hydrogen (secondary N) is 2. The molecule has 0 fully saturated rings. The number of amides is 2. The number of nitrogens with zero attached hydrogens (tertiary/aromatic N) is 1. The number of hydrogen-bond acceptors (Lipinski definition) is 3. The van der Waals surface area contributed by atoms with E-state index in [1.165, 1.54) is 12.1 Å². The molecule has 0 bridgehead atoms. The number of benzene rings is 1. The van der Waals surface area contributed by atoms with Gasteiger partial charge in [-0.2, -0.15) is 4.57 Å². The molecule has 0 aliphatic heterocycles. The fourth-order valence-electron chi connectivity index (χ4n) is 2.38. The highest BCUT2D eigenvalue weighted by molar-refractivity contribution is 5.93. The van der Waals surface area contributed by atoms with Crippen molar-refractivity contribution in [1.82, 2.24) is 10.6 Å². The lowest BCUT2D eigenvalue weighted by Crippen LogP contribution is -3.00. The lowest BCUT2D eigenvalue weighted by molar-refractivity contribution is -0.684. The average molecular weight is 430 g/mol. The van der Waals surface area contributed by atoms with Gasteiger partial charge < -0.3 is 41.2 Å². The summed E-state index contributed by atoms with van der Waals surface area (Å²) in [5, 5.41) is 5.59. The molecule has 2 rings (SSSR count). The van der Waals surface area contributed by atoms with Gasteiger partial charge in [0.25, 0.3) is 11.8 Å². The van der Waals surface area contributed by atoms with Gasteiger partial charge in [-0.15, -0.1) is 0 Å². The molecule has 0 unspecified atom stereocenters. The summed E-state index contributed by atoms with van der Waals surface area (Å²) in [6.07, 6.45) is 4.71. The fourth-order valence-corrected chi connectivity index (χ4v) is 2.38. The van der Waals surface area contributed by atoms with Crippen LogP contribution in [0.2, 0.25) is 0 Å². The second kappa shape index (κ2) is 13.9. The van der Waals surface area contributed by atoms with Crippen LogP contribution in [-0.2, 0) is 17.8 Å². The highest BCUT2D eigenvalue weighted by Gasteiger charge is 2.13. The molecule has 1 heterocycles. The Bertz CT molecular complexity index is 745. The highest BCUT2D eigenvalue weighted by Crippen LogP contribution is 2.03. The predicted octanol–water partition coefficient (Wildman–Crippen LogP) is -5.44. The van der Waals surface area contributed by atoms with Gasteiger partial charge in [-0.3, -0.25) is 9.59 Å². The standard InChI is InChI=1S/C19H23FN4O2.2ClH/c20-17-6-4-15(5-7-17)8-11-23-19(26)16-3-1-12-24(13-16)14-18(25)22-10-2-9-21;;/h1,3-7,12-13H,2,8-11,14,21H2,(H-,22,23,25,26);2*1H/p-1. The van der Waals surface area contributed by atoms with Crippen LogP contribution < -0.4 is 45.7 Å². The summed E-state index contributed by atoms with van der Waals surface area (Å²) < 4.78 is 14.5. The summed E-state index contributed by atoms with van der Waals surface area (Å²) in [5.74, 6) is -0.624. The molecule has 9 heteroatoms. The molecule has 6 nitrogen and oxygen atoms in total. The van der Waals surface area contributed by atoms with Crippen molar-refractivity contribution in [2.45, 2.75) is 19.4 Å². The Morgan fingerprint density at radius 1 is 1.04 bits per heavy atom. The number of carbonyl (C=O) groups excluding carboxylic acids is 2. The van der Waals surface area contributed by atoms with Gasteiger partial charge in [-0.25, -0.2) is 4.39 Å². The van der Waals surface area contributed by atoms with Crippen LogP contribution in [0.1, 0.15) is 22.3 Å². The molecule has 2 amide bonds. The van der Waals surface area contributed by atoms with Crippen molar-refractivity contribution >= 4 is 11.8 Å². The molecule has 0 aliphatic carbocycles. The van der Waals surface area contributed by atoms with Gasteiger partial charge in [0.05, 0.1) is 0 Å². The first-order valence-electron chi connectivity index (χ1n) is 8.57. The second-order valence-electron chi connectivity index (χ2n) is 5.89. The fraction of sp³-hybridized carbons (Fsp3) is 0.316. The predicted molar refractivity (Wildman–Crippen MR) is 95.8 cm³/mol. The quantitative estimate of drug-likeness (QED) is 0.274. The van der Waals surface area contributed by atoms with E-state index in [1.807, 2.05) is 0 Å². The van der Waals surface area contributed by atoms with Crippen LogP contribution in [0.25, 0.3) is 0 Å². The van der Waals surface area contributed by atoms with Crippen LogP contribution in [0.4, 0.5) is 4.39 Å². The van der Waals surface area contributed by atoms with Crippen LogP contribution in [-0.4, -0.2) is 31.4 Å². The monoisotopic (exact) mass is 429 g/mol. The van der Waals surface area contributed by atoms with E-state index in [9.17, 15) is 14.0 Å². The van der Waals surface area contributed by atoms with E-state index in [4.69, 9.17) is 5.73 Å². The molecule has 0 spiro atoms. The Kier molecular flexibility index (Phi) is 12.8. The molecule has 1 aromatic heterocycles. The van der Waals surface area contributed by atoms with E-state index in [0.717, 1.165) is 12.0 Å². The minimum Gasteiger partial charge on any atom is -1.00 e. The van der Waals surface area contributed by atoms with Gasteiger partial charge in [-0.1, -0.05) is 12.1 Å². The number of aromatic nitrogens is 1. The number of halogens is 3. The van der Waals surface area contributed by atoms with Crippen molar-refractivity contribution in [3.05, 3.63) is 65.7 Å². The Morgan fingerprint density at radius 3 is 2.43 bits per heavy atom. The molecule has 0 radical (unpaired) electrons. The zero-order chi connectivity index (χ0) is 18.8. The SMILES string of the molecule is NCCCNC(=O)C[n+]1cccc(C(=O)NCCc2ccc(F)cc2)c1.[Cl-].[Cl-]. The molecule has 0 saturated carbocycles. The van der Waals surface area contributed by atoms with Gasteiger partial charge in [0.1, 0.15) is 11.4 Å². The zero-order valence-corrected chi connectivity index (χ0v) is 16.8. The lowest BCUT2D eigenvalue weighted by Gasteiger charge is -2.05. The van der Waals surface area contributed by atoms with Crippen LogP contribution in [0.3, 0.4) is 0 Å². The first-order chi connectivity index (χ1) is 12.6. The van der Waals surface area contributed by atoms with Crippen molar-refractivity contribution in [3.8, 4) is 0 Å². The molecule has 0 saturated heterocycles. The normalized spacial score (nSPS) is 9.64. The number of pyridine rings is 1. The smallest absolute Gasteiger partial charge is 0.285 e. The van der Waals surface area contributed by atoms with E-state index in [-0.39, 0.29) is 49.0 Å². The minimum absolute atomic E-state index is 0. The van der Waals surface area contributed by atoms with E-state index in [1.54, 1.807) is 41.2 Å². The van der Waals surface area contributed by atoms with Crippen molar-refractivity contribution < 1.29 is 43.4 Å². The Morgan fingerprint density at radius 2 is 1.75 bits per heavy atom. The highest BCUT2D eigenvalue weighted by atomic mass is 35.5. The van der Waals surface area contributed by atoms with Crippen LogP contribution in [0, 0.1) is 5.82 Å². The van der Waals surface area contributed by atoms with E-state index >= 15 is 0 Å². The minimum atomic E-state index is -0.279. The van der Waals surface area contributed by atoms with Gasteiger partial charge in [0.15, 0.2) is 12.4 Å². The molecule has 4 N–H and O–H groups in total. The molecular formula is C19H24Cl2FN4O2-. The Hall–Kier alpha value is -2.22. The number of carbonyl (C=O) groups is 2. The molecule has 1 aromatic carbocycles. The topological polar surface area (TPSA) is 88.1 Å². The van der Waals surface area contributed by atoms with Gasteiger partial charge in [0.2, 0.25) is 6.54 Å². The molecule has 154 valence electrons. The maximum Gasteiger partial charge on any atom is 0.285 e. The van der Waals surface area contributed by atoms with Crippen LogP contribution in [0.15, 0.2) is 48.8 Å². The summed E-state index contributed by atoms with van der Waals surface area (Å²) in [6, 6.07) is 9.60. The van der Waals surface area contributed by atoms with Crippen molar-refractivity contribution in [2.24, 2.45) is 5.73 Å². The number of hydrogen-bond donors (Lipinski definition) is 3. The van der Waals surface area contributed by atoms with Gasteiger partial charge in [-0.05, 0) is 43.1 Å². The summed E-state index contributed by atoms with van der Waals surface area (Å²) in [5.41, 5.74) is 6.81. The third-order valence-electron chi connectivity index (χ3n) is 3.76.